The number of nitrogens with zero attached hydrogens (tertiary/aromatic N) is 2. The first-order valence-electron chi connectivity index (χ1n) is 8.70. The molecule has 1 heterocycles. The molecule has 0 spiro atoms. The van der Waals surface area contributed by atoms with Gasteiger partial charge in [0.05, 0.1) is 6.54 Å². The molecular weight excluding hydrogens is 326 g/mol. The fourth-order valence-corrected chi connectivity index (χ4v) is 3.18. The monoisotopic (exact) mass is 349 g/mol. The van der Waals surface area contributed by atoms with E-state index in [1.54, 1.807) is 20.2 Å². The molecule has 134 valence electrons. The molecule has 0 bridgehead atoms. The summed E-state index contributed by atoms with van der Waals surface area (Å²) in [6, 6.07) is 14.6. The third-order valence-electron chi connectivity index (χ3n) is 4.57. The Balaban J connectivity index is 1.91. The molecule has 0 aliphatic carbocycles. The number of aryl methyl sites for hydroxylation is 1. The van der Waals surface area contributed by atoms with Crippen LogP contribution in [0.4, 0.5) is 0 Å². The molecule has 0 saturated heterocycles. The van der Waals surface area contributed by atoms with Crippen LogP contribution in [-0.4, -0.2) is 41.9 Å². The van der Waals surface area contributed by atoms with Crippen molar-refractivity contribution >= 4 is 39.7 Å². The number of benzene rings is 2. The number of hydrogen-bond acceptors (Lipinski definition) is 2. The summed E-state index contributed by atoms with van der Waals surface area (Å²) in [6.07, 6.45) is 3.29. The second kappa shape index (κ2) is 7.44. The van der Waals surface area contributed by atoms with Crippen molar-refractivity contribution in [2.75, 3.05) is 20.6 Å². The lowest BCUT2D eigenvalue weighted by molar-refractivity contribution is -0.130. The van der Waals surface area contributed by atoms with Gasteiger partial charge in [-0.15, -0.1) is 0 Å². The highest BCUT2D eigenvalue weighted by molar-refractivity contribution is 6.08. The maximum Gasteiger partial charge on any atom is 0.246 e. The Kier molecular flexibility index (Phi) is 5.07. The highest BCUT2D eigenvalue weighted by Crippen LogP contribution is 2.29. The third-order valence-corrected chi connectivity index (χ3v) is 4.57. The number of carbonyl (C=O) groups is 2. The van der Waals surface area contributed by atoms with Crippen LogP contribution in [-0.2, 0) is 16.1 Å². The van der Waals surface area contributed by atoms with Crippen molar-refractivity contribution in [3.8, 4) is 0 Å². The Morgan fingerprint density at radius 3 is 2.58 bits per heavy atom. The number of fused-ring (bicyclic) bond motifs is 3. The number of likely N-dealkylation sites (N-methyl/N-ethyl adjacent to an activating group) is 2. The first kappa shape index (κ1) is 17.7. The molecule has 0 fully saturated rings. The first-order chi connectivity index (χ1) is 12.5. The second-order valence-corrected chi connectivity index (χ2v) is 6.24. The normalized spacial score (nSPS) is 11.3. The van der Waals surface area contributed by atoms with Crippen LogP contribution in [0.2, 0.25) is 0 Å². The number of para-hydroxylation sites is 1. The zero-order valence-corrected chi connectivity index (χ0v) is 15.3. The van der Waals surface area contributed by atoms with Gasteiger partial charge in [-0.3, -0.25) is 9.59 Å². The van der Waals surface area contributed by atoms with Gasteiger partial charge in [-0.1, -0.05) is 24.3 Å². The molecule has 5 heteroatoms. The molecule has 0 aliphatic rings. The molecule has 3 rings (SSSR count). The number of nitrogens with one attached hydrogen (secondary N) is 1. The van der Waals surface area contributed by atoms with Crippen LogP contribution in [0.3, 0.4) is 0 Å². The molecule has 0 atom stereocenters. The van der Waals surface area contributed by atoms with Crippen molar-refractivity contribution in [3.05, 3.63) is 54.1 Å². The van der Waals surface area contributed by atoms with Gasteiger partial charge in [-0.05, 0) is 36.8 Å². The molecule has 0 unspecified atom stereocenters. The van der Waals surface area contributed by atoms with E-state index in [4.69, 9.17) is 0 Å². The molecule has 0 aliphatic heterocycles. The van der Waals surface area contributed by atoms with Gasteiger partial charge >= 0.3 is 0 Å². The molecule has 1 aromatic heterocycles. The van der Waals surface area contributed by atoms with Crippen LogP contribution >= 0.6 is 0 Å². The number of rotatable bonds is 5. The van der Waals surface area contributed by atoms with E-state index in [0.29, 0.717) is 0 Å². The first-order valence-corrected chi connectivity index (χ1v) is 8.70. The zero-order chi connectivity index (χ0) is 18.7. The topological polar surface area (TPSA) is 54.3 Å². The van der Waals surface area contributed by atoms with Gasteiger partial charge in [-0.2, -0.15) is 0 Å². The van der Waals surface area contributed by atoms with E-state index in [2.05, 4.69) is 47.1 Å². The van der Waals surface area contributed by atoms with Crippen molar-refractivity contribution in [1.29, 1.82) is 0 Å². The van der Waals surface area contributed by atoms with Gasteiger partial charge in [0.2, 0.25) is 11.8 Å². The fraction of sp³-hybridized carbons (Fsp3) is 0.238. The minimum absolute atomic E-state index is 0.0443. The SMILES string of the molecule is CCn1c2ccccc2c2cc(/C=C\C(=O)N(C)CC(=O)NC)ccc21. The van der Waals surface area contributed by atoms with Crippen molar-refractivity contribution in [3.63, 3.8) is 0 Å². The lowest BCUT2D eigenvalue weighted by atomic mass is 10.1. The molecular formula is C21H23N3O2. The maximum absolute atomic E-state index is 12.1. The van der Waals surface area contributed by atoms with Crippen LogP contribution < -0.4 is 5.32 Å². The quantitative estimate of drug-likeness (QED) is 0.720. The Morgan fingerprint density at radius 2 is 1.85 bits per heavy atom. The van der Waals surface area contributed by atoms with Gasteiger partial charge < -0.3 is 14.8 Å². The Morgan fingerprint density at radius 1 is 1.12 bits per heavy atom. The summed E-state index contributed by atoms with van der Waals surface area (Å²) in [5.74, 6) is -0.396. The molecule has 5 nitrogen and oxygen atoms in total. The van der Waals surface area contributed by atoms with E-state index in [9.17, 15) is 9.59 Å². The van der Waals surface area contributed by atoms with Gasteiger partial charge in [0.1, 0.15) is 0 Å². The van der Waals surface area contributed by atoms with E-state index < -0.39 is 0 Å². The summed E-state index contributed by atoms with van der Waals surface area (Å²) in [5.41, 5.74) is 3.36. The molecule has 0 radical (unpaired) electrons. The Bertz CT molecular complexity index is 1000. The average Bonchev–Trinajstić information content (AvgIpc) is 2.98. The molecule has 2 amide bonds. The Labute approximate surface area is 152 Å². The molecule has 26 heavy (non-hydrogen) atoms. The summed E-state index contributed by atoms with van der Waals surface area (Å²) in [6.45, 7) is 3.09. The van der Waals surface area contributed by atoms with E-state index in [0.717, 1.165) is 12.1 Å². The number of carbonyl (C=O) groups excluding carboxylic acids is 2. The van der Waals surface area contributed by atoms with Gasteiger partial charge in [0, 0.05) is 48.5 Å². The van der Waals surface area contributed by atoms with Crippen LogP contribution in [0.15, 0.2) is 48.5 Å². The number of hydrogen-bond donors (Lipinski definition) is 1. The fourth-order valence-electron chi connectivity index (χ4n) is 3.18. The van der Waals surface area contributed by atoms with Crippen molar-refractivity contribution in [1.82, 2.24) is 14.8 Å². The summed E-state index contributed by atoms with van der Waals surface area (Å²) in [5, 5.41) is 4.90. The second-order valence-electron chi connectivity index (χ2n) is 6.24. The summed E-state index contributed by atoms with van der Waals surface area (Å²) >= 11 is 0. The van der Waals surface area contributed by atoms with Crippen molar-refractivity contribution in [2.24, 2.45) is 0 Å². The standard InChI is InChI=1S/C21H23N3O2/c1-4-24-18-8-6-5-7-16(18)17-13-15(9-11-19(17)24)10-12-21(26)23(3)14-20(25)22-2/h5-13H,4,14H2,1-3H3,(H,22,25)/b12-10-. The minimum Gasteiger partial charge on any atom is -0.358 e. The highest BCUT2D eigenvalue weighted by atomic mass is 16.2. The molecule has 0 saturated carbocycles. The predicted molar refractivity (Wildman–Crippen MR) is 106 cm³/mol. The van der Waals surface area contributed by atoms with E-state index in [1.165, 1.54) is 32.8 Å². The third kappa shape index (κ3) is 3.33. The summed E-state index contributed by atoms with van der Waals surface area (Å²) in [4.78, 5) is 24.9. The Hall–Kier alpha value is -3.08. The van der Waals surface area contributed by atoms with E-state index in [-0.39, 0.29) is 18.4 Å². The lowest BCUT2D eigenvalue weighted by Gasteiger charge is -2.13. The van der Waals surface area contributed by atoms with Crippen LogP contribution in [0.5, 0.6) is 0 Å². The van der Waals surface area contributed by atoms with E-state index >= 15 is 0 Å². The summed E-state index contributed by atoms with van der Waals surface area (Å²) in [7, 11) is 3.17. The van der Waals surface area contributed by atoms with Gasteiger partial charge in [0.25, 0.3) is 0 Å². The van der Waals surface area contributed by atoms with Crippen molar-refractivity contribution < 1.29 is 9.59 Å². The molecule has 3 aromatic rings. The van der Waals surface area contributed by atoms with Crippen LogP contribution in [0.1, 0.15) is 12.5 Å². The van der Waals surface area contributed by atoms with Crippen molar-refractivity contribution in [2.45, 2.75) is 13.5 Å². The minimum atomic E-state index is -0.204. The smallest absolute Gasteiger partial charge is 0.246 e. The van der Waals surface area contributed by atoms with E-state index in [1.807, 2.05) is 12.1 Å². The van der Waals surface area contributed by atoms with Gasteiger partial charge in [-0.25, -0.2) is 0 Å². The van der Waals surface area contributed by atoms with Crippen LogP contribution in [0.25, 0.3) is 27.9 Å². The largest absolute Gasteiger partial charge is 0.358 e. The summed E-state index contributed by atoms with van der Waals surface area (Å²) < 4.78 is 2.29. The number of aromatic nitrogens is 1. The lowest BCUT2D eigenvalue weighted by Crippen LogP contribution is -2.35. The molecule has 2 aromatic carbocycles. The predicted octanol–water partition coefficient (Wildman–Crippen LogP) is 3.03. The zero-order valence-electron chi connectivity index (χ0n) is 15.3. The maximum atomic E-state index is 12.1. The highest BCUT2D eigenvalue weighted by Gasteiger charge is 2.10. The van der Waals surface area contributed by atoms with Gasteiger partial charge in [0.15, 0.2) is 0 Å². The average molecular weight is 349 g/mol. The number of amides is 2. The molecule has 1 N–H and O–H groups in total. The van der Waals surface area contributed by atoms with Crippen LogP contribution in [0, 0.1) is 0 Å².